The highest BCUT2D eigenvalue weighted by Gasteiger charge is 2.06. The molecule has 0 heterocycles. The third-order valence-corrected chi connectivity index (χ3v) is 5.13. The van der Waals surface area contributed by atoms with E-state index in [-0.39, 0.29) is 79.9 Å². The molecule has 0 aliphatic carbocycles. The van der Waals surface area contributed by atoms with Crippen LogP contribution in [0.4, 0.5) is 0 Å². The van der Waals surface area contributed by atoms with E-state index in [4.69, 9.17) is 18.4 Å². The summed E-state index contributed by atoms with van der Waals surface area (Å²) in [5.41, 5.74) is 1.04. The van der Waals surface area contributed by atoms with Gasteiger partial charge in [-0.25, -0.2) is 0 Å². The highest BCUT2D eigenvalue weighted by atomic mass is 127. The molecule has 0 radical (unpaired) electrons. The molecule has 1 nitrogen and oxygen atoms in total. The molecule has 5 aromatic carbocycles. The van der Waals surface area contributed by atoms with Crippen molar-refractivity contribution in [2.75, 3.05) is 0 Å². The molecule has 0 spiro atoms. The maximum atomic E-state index is 8.73. The lowest BCUT2D eigenvalue weighted by molar-refractivity contribution is 0.482. The van der Waals surface area contributed by atoms with E-state index in [0.29, 0.717) is 11.1 Å². The van der Waals surface area contributed by atoms with Crippen molar-refractivity contribution in [3.63, 3.8) is 0 Å². The van der Waals surface area contributed by atoms with E-state index in [0.717, 1.165) is 0 Å². The zero-order chi connectivity index (χ0) is 30.5. The number of ether oxygens (including phenoxy) is 1. The molecule has 0 fully saturated rings. The van der Waals surface area contributed by atoms with Crippen molar-refractivity contribution in [1.82, 2.24) is 0 Å². The molecule has 0 unspecified atom stereocenters. The molecule has 5 rings (SSSR count). The van der Waals surface area contributed by atoms with Crippen LogP contribution < -0.4 is 4.74 Å². The van der Waals surface area contributed by atoms with Gasteiger partial charge in [0.2, 0.25) is 0 Å². The van der Waals surface area contributed by atoms with Gasteiger partial charge in [0.25, 0.3) is 0 Å². The maximum absolute atomic E-state index is 8.73. The molecule has 32 heavy (non-hydrogen) atoms. The smallest absolute Gasteiger partial charge is 0.129 e. The molecular weight excluding hydrogens is 503 g/mol. The molecule has 0 aliphatic rings. The van der Waals surface area contributed by atoms with Crippen molar-refractivity contribution in [3.05, 3.63) is 131 Å². The average molecular weight is 534 g/mol. The average Bonchev–Trinajstić information content (AvgIpc) is 2.99. The Morgan fingerprint density at radius 3 is 1.50 bits per heavy atom. The molecule has 0 saturated heterocycles. The number of rotatable bonds is 5. The highest BCUT2D eigenvalue weighted by Crippen LogP contribution is 2.32. The van der Waals surface area contributed by atoms with Gasteiger partial charge in [0.15, 0.2) is 0 Å². The number of hydrogen-bond acceptors (Lipinski definition) is 1. The molecule has 0 N–H and O–H groups in total. The Bertz CT molecular complexity index is 1800. The molecule has 0 atom stereocenters. The van der Waals surface area contributed by atoms with Crippen LogP contribution in [0.5, 0.6) is 11.5 Å². The summed E-state index contributed by atoms with van der Waals surface area (Å²) < 4.78 is 92.1. The molecule has 0 amide bonds. The predicted molar refractivity (Wildman–Crippen MR) is 142 cm³/mol. The minimum Gasteiger partial charge on any atom is -0.457 e. The Morgan fingerprint density at radius 2 is 0.969 bits per heavy atom. The van der Waals surface area contributed by atoms with Gasteiger partial charge in [-0.3, -0.25) is 0 Å². The van der Waals surface area contributed by atoms with Crippen LogP contribution in [-0.2, 0) is 0 Å². The zero-order valence-electron chi connectivity index (χ0n) is 26.6. The first-order valence-corrected chi connectivity index (χ1v) is 10.8. The number of halogens is 1. The van der Waals surface area contributed by atoms with Crippen LogP contribution in [0.2, 0.25) is 0 Å². The van der Waals surface area contributed by atoms with Crippen molar-refractivity contribution in [2.24, 2.45) is 0 Å². The van der Waals surface area contributed by atoms with Crippen molar-refractivity contribution >= 4 is 22.6 Å². The molecule has 2 heteroatoms. The lowest BCUT2D eigenvalue weighted by atomic mass is 10.0. The van der Waals surface area contributed by atoms with Gasteiger partial charge in [0.05, 0.1) is 13.7 Å². The van der Waals surface area contributed by atoms with E-state index in [1.54, 1.807) is 83.3 Å². The van der Waals surface area contributed by atoms with Crippen LogP contribution >= 0.6 is 22.6 Å². The van der Waals surface area contributed by atoms with Crippen molar-refractivity contribution in [1.29, 1.82) is 0 Å². The summed E-state index contributed by atoms with van der Waals surface area (Å²) in [4.78, 5) is 0. The Balaban J connectivity index is 1.69. The second kappa shape index (κ2) is 9.41. The number of benzene rings is 5. The Kier molecular flexibility index (Phi) is 3.54. The van der Waals surface area contributed by atoms with E-state index in [2.05, 4.69) is 0 Å². The Morgan fingerprint density at radius 1 is 0.500 bits per heavy atom. The fraction of sp³-hybridized carbons (Fsp3) is 0. The molecule has 5 aromatic rings. The molecule has 0 aromatic heterocycles. The molecule has 0 aliphatic heterocycles. The van der Waals surface area contributed by atoms with Crippen LogP contribution in [0.1, 0.15) is 13.7 Å². The van der Waals surface area contributed by atoms with Gasteiger partial charge in [0, 0.05) is 3.57 Å². The minimum atomic E-state index is -0.461. The molecule has 0 bridgehead atoms. The summed E-state index contributed by atoms with van der Waals surface area (Å²) in [6.07, 6.45) is 0. The SMILES string of the molecule is [2H]c1c(Oc2c([2H])c([2H])c(-c3ccccc3)c([2H])c2[2H])cc(-c2c([2H])c([2H])c(-c3ccccc3)c([2H])c2[2H])c([2H])c1I. The van der Waals surface area contributed by atoms with Crippen LogP contribution in [-0.4, -0.2) is 0 Å². The van der Waals surface area contributed by atoms with Crippen LogP contribution in [0.15, 0.2) is 127 Å². The lowest BCUT2D eigenvalue weighted by Gasteiger charge is -2.11. The maximum Gasteiger partial charge on any atom is 0.129 e. The first kappa shape index (κ1) is 12.0. The summed E-state index contributed by atoms with van der Waals surface area (Å²) >= 11 is 1.75. The molecule has 154 valence electrons. The lowest BCUT2D eigenvalue weighted by Crippen LogP contribution is -1.88. The summed E-state index contributed by atoms with van der Waals surface area (Å²) in [7, 11) is 0. The van der Waals surface area contributed by atoms with Crippen LogP contribution in [0.3, 0.4) is 0 Å². The third kappa shape index (κ3) is 4.76. The minimum absolute atomic E-state index is 0.0295. The summed E-state index contributed by atoms with van der Waals surface area (Å²) in [5, 5.41) is 0. The fourth-order valence-electron chi connectivity index (χ4n) is 3.06. The fourth-order valence-corrected chi connectivity index (χ4v) is 3.61. The Labute approximate surface area is 216 Å². The zero-order valence-corrected chi connectivity index (χ0v) is 18.8. The van der Waals surface area contributed by atoms with Crippen molar-refractivity contribution in [2.45, 2.75) is 0 Å². The molecule has 0 saturated carbocycles. The molecular formula is C30H21IO. The van der Waals surface area contributed by atoms with Gasteiger partial charge >= 0.3 is 0 Å². The topological polar surface area (TPSA) is 9.23 Å². The van der Waals surface area contributed by atoms with Gasteiger partial charge in [0.1, 0.15) is 11.5 Å². The second-order valence-electron chi connectivity index (χ2n) is 6.77. The largest absolute Gasteiger partial charge is 0.457 e. The standard InChI is InChI=1S/C30H21IO/c31-28-19-27(26-13-11-24(12-14-26)22-7-3-1-4-8-22)20-30(21-28)32-29-17-15-25(16-18-29)23-9-5-2-6-10-23/h1-21H/i11D,12D,13D,14D,15D,16D,17D,18D,19D,21D. The summed E-state index contributed by atoms with van der Waals surface area (Å²) in [6, 6.07) is 15.0. The van der Waals surface area contributed by atoms with E-state index in [9.17, 15) is 0 Å². The first-order chi connectivity index (χ1) is 20.0. The normalized spacial score (nSPS) is 15.0. The van der Waals surface area contributed by atoms with Gasteiger partial charge in [-0.1, -0.05) is 96.9 Å². The van der Waals surface area contributed by atoms with E-state index in [1.165, 1.54) is 6.07 Å². The Hall–Kier alpha value is -3.37. The summed E-state index contributed by atoms with van der Waals surface area (Å²) in [6.45, 7) is 0. The van der Waals surface area contributed by atoms with Crippen molar-refractivity contribution in [3.8, 4) is 44.9 Å². The third-order valence-electron chi connectivity index (χ3n) is 4.59. The van der Waals surface area contributed by atoms with Gasteiger partial charge in [-0.2, -0.15) is 0 Å². The van der Waals surface area contributed by atoms with Crippen molar-refractivity contribution < 1.29 is 18.4 Å². The van der Waals surface area contributed by atoms with Gasteiger partial charge in [-0.05, 0) is 86.2 Å². The monoisotopic (exact) mass is 534 g/mol. The van der Waals surface area contributed by atoms with Crippen LogP contribution in [0.25, 0.3) is 33.4 Å². The first-order valence-electron chi connectivity index (χ1n) is 14.7. The highest BCUT2D eigenvalue weighted by molar-refractivity contribution is 14.1. The van der Waals surface area contributed by atoms with Gasteiger partial charge < -0.3 is 4.74 Å². The van der Waals surface area contributed by atoms with Crippen LogP contribution in [0, 0.1) is 3.57 Å². The second-order valence-corrected chi connectivity index (χ2v) is 7.85. The quantitative estimate of drug-likeness (QED) is 0.204. The van der Waals surface area contributed by atoms with Gasteiger partial charge in [-0.15, -0.1) is 0 Å². The predicted octanol–water partition coefficient (Wildman–Crippen LogP) is 9.08. The van der Waals surface area contributed by atoms with E-state index < -0.39 is 17.8 Å². The summed E-state index contributed by atoms with van der Waals surface area (Å²) in [5.74, 6) is -0.640. The van der Waals surface area contributed by atoms with E-state index >= 15 is 0 Å². The number of hydrogen-bond donors (Lipinski definition) is 0. The van der Waals surface area contributed by atoms with E-state index in [1.807, 2.05) is 0 Å².